The van der Waals surface area contributed by atoms with Gasteiger partial charge in [-0.1, -0.05) is 0 Å². The molecule has 0 saturated heterocycles. The highest BCUT2D eigenvalue weighted by Crippen LogP contribution is 2.27. The molecule has 0 unspecified atom stereocenters. The predicted molar refractivity (Wildman–Crippen MR) is 81.7 cm³/mol. The molecule has 6 nitrogen and oxygen atoms in total. The van der Waals surface area contributed by atoms with Crippen LogP contribution in [0.2, 0.25) is 0 Å². The molecule has 106 valence electrons. The van der Waals surface area contributed by atoms with Gasteiger partial charge in [0, 0.05) is 19.8 Å². The lowest BCUT2D eigenvalue weighted by Crippen LogP contribution is -2.14. The van der Waals surface area contributed by atoms with Gasteiger partial charge in [0.2, 0.25) is 0 Å². The van der Waals surface area contributed by atoms with Crippen LogP contribution in [0.5, 0.6) is 5.75 Å². The highest BCUT2D eigenvalue weighted by molar-refractivity contribution is 5.77. The average Bonchev–Trinajstić information content (AvgIpc) is 2.43. The Kier molecular flexibility index (Phi) is 4.24. The van der Waals surface area contributed by atoms with Crippen LogP contribution in [0.15, 0.2) is 30.6 Å². The van der Waals surface area contributed by atoms with Gasteiger partial charge in [-0.3, -0.25) is 0 Å². The van der Waals surface area contributed by atoms with E-state index < -0.39 is 0 Å². The van der Waals surface area contributed by atoms with Gasteiger partial charge in [0.1, 0.15) is 17.8 Å². The summed E-state index contributed by atoms with van der Waals surface area (Å²) >= 11 is 0. The van der Waals surface area contributed by atoms with Gasteiger partial charge in [-0.15, -0.1) is 0 Å². The Morgan fingerprint density at radius 2 is 1.90 bits per heavy atom. The van der Waals surface area contributed by atoms with Crippen molar-refractivity contribution in [3.05, 3.63) is 30.6 Å². The van der Waals surface area contributed by atoms with Crippen molar-refractivity contribution < 1.29 is 4.74 Å². The van der Waals surface area contributed by atoms with Crippen molar-refractivity contribution >= 4 is 23.0 Å². The number of nitrogens with two attached hydrogens (primary N) is 1. The van der Waals surface area contributed by atoms with Gasteiger partial charge in [-0.05, 0) is 31.2 Å². The van der Waals surface area contributed by atoms with Gasteiger partial charge < -0.3 is 20.7 Å². The van der Waals surface area contributed by atoms with Gasteiger partial charge in [-0.25, -0.2) is 9.97 Å². The first-order valence-corrected chi connectivity index (χ1v) is 6.39. The van der Waals surface area contributed by atoms with Crippen molar-refractivity contribution in [3.8, 4) is 5.75 Å². The Balaban J connectivity index is 2.19. The first-order chi connectivity index (χ1) is 9.61. The second-order valence-electron chi connectivity index (χ2n) is 4.44. The molecular formula is C14H19N5O. The maximum atomic E-state index is 6.06. The van der Waals surface area contributed by atoms with E-state index in [1.807, 2.05) is 50.2 Å². The summed E-state index contributed by atoms with van der Waals surface area (Å²) in [5.74, 6) is 2.11. The Bertz CT molecular complexity index is 568. The van der Waals surface area contributed by atoms with Crippen LogP contribution in [0.25, 0.3) is 0 Å². The van der Waals surface area contributed by atoms with Crippen molar-refractivity contribution in [1.82, 2.24) is 9.97 Å². The number of anilines is 4. The third-order valence-corrected chi connectivity index (χ3v) is 2.71. The van der Waals surface area contributed by atoms with Crippen LogP contribution in [-0.2, 0) is 0 Å². The summed E-state index contributed by atoms with van der Waals surface area (Å²) in [7, 11) is 3.78. The van der Waals surface area contributed by atoms with Crippen LogP contribution < -0.4 is 20.7 Å². The van der Waals surface area contributed by atoms with E-state index in [0.29, 0.717) is 23.9 Å². The molecule has 20 heavy (non-hydrogen) atoms. The number of ether oxygens (including phenoxy) is 1. The second kappa shape index (κ2) is 6.10. The molecule has 0 spiro atoms. The third kappa shape index (κ3) is 3.09. The molecule has 0 atom stereocenters. The van der Waals surface area contributed by atoms with E-state index >= 15 is 0 Å². The molecule has 2 aromatic rings. The molecule has 0 fully saturated rings. The van der Waals surface area contributed by atoms with Gasteiger partial charge >= 0.3 is 0 Å². The van der Waals surface area contributed by atoms with E-state index in [9.17, 15) is 0 Å². The van der Waals surface area contributed by atoms with Crippen LogP contribution in [-0.4, -0.2) is 30.7 Å². The Morgan fingerprint density at radius 1 is 1.20 bits per heavy atom. The topological polar surface area (TPSA) is 76.3 Å². The van der Waals surface area contributed by atoms with Crippen molar-refractivity contribution in [1.29, 1.82) is 0 Å². The lowest BCUT2D eigenvalue weighted by atomic mass is 10.3. The molecule has 0 aliphatic heterocycles. The summed E-state index contributed by atoms with van der Waals surface area (Å²) < 4.78 is 5.40. The second-order valence-corrected chi connectivity index (χ2v) is 4.44. The number of hydrogen-bond donors (Lipinski definition) is 2. The fourth-order valence-electron chi connectivity index (χ4n) is 1.78. The number of rotatable bonds is 5. The minimum Gasteiger partial charge on any atom is -0.494 e. The summed E-state index contributed by atoms with van der Waals surface area (Å²) in [5.41, 5.74) is 7.47. The highest BCUT2D eigenvalue weighted by atomic mass is 16.5. The lowest BCUT2D eigenvalue weighted by molar-refractivity contribution is 0.340. The quantitative estimate of drug-likeness (QED) is 0.870. The number of nitrogens with one attached hydrogen (secondary N) is 1. The van der Waals surface area contributed by atoms with E-state index in [4.69, 9.17) is 10.5 Å². The molecule has 1 aromatic heterocycles. The smallest absolute Gasteiger partial charge is 0.159 e. The Hall–Kier alpha value is -2.50. The Morgan fingerprint density at radius 3 is 2.50 bits per heavy atom. The molecule has 6 heteroatoms. The van der Waals surface area contributed by atoms with Crippen molar-refractivity contribution in [2.24, 2.45) is 0 Å². The van der Waals surface area contributed by atoms with E-state index in [0.717, 1.165) is 11.4 Å². The molecule has 0 radical (unpaired) electrons. The molecule has 0 aliphatic carbocycles. The molecule has 2 rings (SSSR count). The lowest BCUT2D eigenvalue weighted by Gasteiger charge is -2.16. The van der Waals surface area contributed by atoms with E-state index in [1.165, 1.54) is 6.33 Å². The summed E-state index contributed by atoms with van der Waals surface area (Å²) in [5, 5.41) is 3.18. The summed E-state index contributed by atoms with van der Waals surface area (Å²) in [6.45, 7) is 2.61. The van der Waals surface area contributed by atoms with Crippen molar-refractivity contribution in [2.45, 2.75) is 6.92 Å². The number of aromatic nitrogens is 2. The summed E-state index contributed by atoms with van der Waals surface area (Å²) in [4.78, 5) is 10.2. The summed E-state index contributed by atoms with van der Waals surface area (Å²) in [6, 6.07) is 7.63. The van der Waals surface area contributed by atoms with Crippen molar-refractivity contribution in [3.63, 3.8) is 0 Å². The standard InChI is InChI=1S/C14H19N5O/c1-4-20-11-7-5-10(6-8-11)18-13-12(15)14(19(2)3)17-9-16-13/h5-9H,4,15H2,1-3H3,(H,16,17,18). The summed E-state index contributed by atoms with van der Waals surface area (Å²) in [6.07, 6.45) is 1.49. The van der Waals surface area contributed by atoms with Crippen LogP contribution in [0.3, 0.4) is 0 Å². The molecule has 3 N–H and O–H groups in total. The van der Waals surface area contributed by atoms with E-state index in [2.05, 4.69) is 15.3 Å². The average molecular weight is 273 g/mol. The van der Waals surface area contributed by atoms with E-state index in [-0.39, 0.29) is 0 Å². The predicted octanol–water partition coefficient (Wildman–Crippen LogP) is 2.27. The monoisotopic (exact) mass is 273 g/mol. The molecule has 0 saturated carbocycles. The van der Waals surface area contributed by atoms with Crippen molar-refractivity contribution in [2.75, 3.05) is 36.7 Å². The van der Waals surface area contributed by atoms with Gasteiger partial charge in [0.25, 0.3) is 0 Å². The van der Waals surface area contributed by atoms with Crippen LogP contribution in [0.4, 0.5) is 23.0 Å². The fraction of sp³-hybridized carbons (Fsp3) is 0.286. The zero-order valence-electron chi connectivity index (χ0n) is 11.9. The third-order valence-electron chi connectivity index (χ3n) is 2.71. The SMILES string of the molecule is CCOc1ccc(Nc2ncnc(N(C)C)c2N)cc1. The zero-order chi connectivity index (χ0) is 14.5. The first kappa shape index (κ1) is 13.9. The van der Waals surface area contributed by atoms with E-state index in [1.54, 1.807) is 0 Å². The first-order valence-electron chi connectivity index (χ1n) is 6.39. The molecule has 0 aliphatic rings. The minimum absolute atomic E-state index is 0.520. The number of benzene rings is 1. The minimum atomic E-state index is 0.520. The van der Waals surface area contributed by atoms with Crippen LogP contribution in [0.1, 0.15) is 6.92 Å². The maximum Gasteiger partial charge on any atom is 0.159 e. The largest absolute Gasteiger partial charge is 0.494 e. The van der Waals surface area contributed by atoms with Gasteiger partial charge in [0.15, 0.2) is 11.6 Å². The number of hydrogen-bond acceptors (Lipinski definition) is 6. The fourth-order valence-corrected chi connectivity index (χ4v) is 1.78. The molecule has 1 aromatic carbocycles. The zero-order valence-corrected chi connectivity index (χ0v) is 11.9. The molecule has 0 amide bonds. The Labute approximate surface area is 118 Å². The number of nitrogens with zero attached hydrogens (tertiary/aromatic N) is 3. The van der Waals surface area contributed by atoms with Crippen LogP contribution >= 0.6 is 0 Å². The maximum absolute atomic E-state index is 6.06. The molecule has 1 heterocycles. The van der Waals surface area contributed by atoms with Gasteiger partial charge in [0.05, 0.1) is 6.61 Å². The van der Waals surface area contributed by atoms with Gasteiger partial charge in [-0.2, -0.15) is 0 Å². The highest BCUT2D eigenvalue weighted by Gasteiger charge is 2.09. The molecule has 0 bridgehead atoms. The normalized spacial score (nSPS) is 10.2. The van der Waals surface area contributed by atoms with Crippen LogP contribution in [0, 0.1) is 0 Å². The number of nitrogen functional groups attached to an aromatic ring is 1. The molecular weight excluding hydrogens is 254 g/mol.